The summed E-state index contributed by atoms with van der Waals surface area (Å²) in [5.74, 6) is -0.746. The molecule has 0 radical (unpaired) electrons. The van der Waals surface area contributed by atoms with Crippen LogP contribution in [0.25, 0.3) is 10.8 Å². The van der Waals surface area contributed by atoms with Crippen LogP contribution in [0.3, 0.4) is 0 Å². The summed E-state index contributed by atoms with van der Waals surface area (Å²) in [5, 5.41) is 7.48. The van der Waals surface area contributed by atoms with E-state index in [0.29, 0.717) is 25.1 Å². The first kappa shape index (κ1) is 20.8. The Labute approximate surface area is 171 Å². The number of carbonyl (C=O) groups is 3. The Morgan fingerprint density at radius 2 is 1.79 bits per heavy atom. The lowest BCUT2D eigenvalue weighted by atomic mass is 9.95. The molecule has 1 unspecified atom stereocenters. The van der Waals surface area contributed by atoms with Crippen molar-refractivity contribution >= 4 is 28.5 Å². The van der Waals surface area contributed by atoms with E-state index in [0.717, 1.165) is 17.2 Å². The van der Waals surface area contributed by atoms with Crippen molar-refractivity contribution in [1.29, 1.82) is 0 Å². The smallest absolute Gasteiger partial charge is 0.254 e. The van der Waals surface area contributed by atoms with Gasteiger partial charge in [-0.1, -0.05) is 36.4 Å². The summed E-state index contributed by atoms with van der Waals surface area (Å²) in [6.07, 6.45) is 1.48. The molecule has 2 aromatic carbocycles. The van der Waals surface area contributed by atoms with E-state index in [4.69, 9.17) is 0 Å². The second kappa shape index (κ2) is 8.64. The van der Waals surface area contributed by atoms with Gasteiger partial charge in [0.05, 0.1) is 12.5 Å². The molecule has 1 aliphatic rings. The predicted octanol–water partition coefficient (Wildman–Crippen LogP) is 2.72. The molecule has 0 bridgehead atoms. The first-order valence-electron chi connectivity index (χ1n) is 10.1. The van der Waals surface area contributed by atoms with Crippen molar-refractivity contribution in [3.63, 3.8) is 0 Å². The molecule has 154 valence electrons. The minimum atomic E-state index is -0.339. The maximum Gasteiger partial charge on any atom is 0.254 e. The van der Waals surface area contributed by atoms with Crippen molar-refractivity contribution in [3.8, 4) is 0 Å². The number of nitrogens with one attached hydrogen (secondary N) is 2. The summed E-state index contributed by atoms with van der Waals surface area (Å²) in [4.78, 5) is 39.4. The lowest BCUT2D eigenvalue weighted by Crippen LogP contribution is -2.49. The molecule has 29 heavy (non-hydrogen) atoms. The zero-order valence-electron chi connectivity index (χ0n) is 17.3. The van der Waals surface area contributed by atoms with Crippen LogP contribution in [0.2, 0.25) is 0 Å². The van der Waals surface area contributed by atoms with Crippen LogP contribution in [0.1, 0.15) is 44.0 Å². The lowest BCUT2D eigenvalue weighted by molar-refractivity contribution is -0.130. The normalized spacial score (nSPS) is 17.1. The second-order valence-electron chi connectivity index (χ2n) is 8.63. The summed E-state index contributed by atoms with van der Waals surface area (Å²) in [6, 6.07) is 13.5. The standard InChI is InChI=1S/C23H29N3O3/c1-23(2,3)25-20(27)14-24-21(28)17-10-7-13-26(15-17)22(29)19-12-6-9-16-8-4-5-11-18(16)19/h4-6,8-9,11-12,17H,7,10,13-15H2,1-3H3,(H,24,28)(H,25,27). The highest BCUT2D eigenvalue weighted by atomic mass is 16.2. The van der Waals surface area contributed by atoms with Crippen LogP contribution in [0.5, 0.6) is 0 Å². The third-order valence-electron chi connectivity index (χ3n) is 5.04. The van der Waals surface area contributed by atoms with Crippen LogP contribution in [0.4, 0.5) is 0 Å². The van der Waals surface area contributed by atoms with Crippen molar-refractivity contribution in [2.24, 2.45) is 5.92 Å². The van der Waals surface area contributed by atoms with Crippen molar-refractivity contribution < 1.29 is 14.4 Å². The van der Waals surface area contributed by atoms with Gasteiger partial charge in [-0.3, -0.25) is 14.4 Å². The van der Waals surface area contributed by atoms with Crippen LogP contribution in [0, 0.1) is 5.92 Å². The number of likely N-dealkylation sites (tertiary alicyclic amines) is 1. The lowest BCUT2D eigenvalue weighted by Gasteiger charge is -2.32. The van der Waals surface area contributed by atoms with Gasteiger partial charge in [0, 0.05) is 24.2 Å². The maximum atomic E-state index is 13.1. The largest absolute Gasteiger partial charge is 0.350 e. The third kappa shape index (κ3) is 5.34. The molecule has 1 aliphatic heterocycles. The molecule has 0 aliphatic carbocycles. The van der Waals surface area contributed by atoms with Gasteiger partial charge in [-0.2, -0.15) is 0 Å². The number of rotatable bonds is 4. The fourth-order valence-electron chi connectivity index (χ4n) is 3.73. The quantitative estimate of drug-likeness (QED) is 0.836. The number of carbonyl (C=O) groups excluding carboxylic acids is 3. The zero-order valence-corrected chi connectivity index (χ0v) is 17.3. The van der Waals surface area contributed by atoms with Gasteiger partial charge in [0.1, 0.15) is 0 Å². The van der Waals surface area contributed by atoms with Crippen molar-refractivity contribution in [2.45, 2.75) is 39.2 Å². The van der Waals surface area contributed by atoms with Gasteiger partial charge < -0.3 is 15.5 Å². The van der Waals surface area contributed by atoms with Crippen LogP contribution >= 0.6 is 0 Å². The predicted molar refractivity (Wildman–Crippen MR) is 113 cm³/mol. The van der Waals surface area contributed by atoms with Gasteiger partial charge in [0.2, 0.25) is 11.8 Å². The topological polar surface area (TPSA) is 78.5 Å². The molecule has 0 saturated carbocycles. The highest BCUT2D eigenvalue weighted by molar-refractivity contribution is 6.07. The van der Waals surface area contributed by atoms with Gasteiger partial charge in [0.25, 0.3) is 5.91 Å². The Morgan fingerprint density at radius 3 is 2.55 bits per heavy atom. The second-order valence-corrected chi connectivity index (χ2v) is 8.63. The highest BCUT2D eigenvalue weighted by Gasteiger charge is 2.29. The molecule has 3 rings (SSSR count). The van der Waals surface area contributed by atoms with Crippen molar-refractivity contribution in [2.75, 3.05) is 19.6 Å². The van der Waals surface area contributed by atoms with Crippen LogP contribution in [0.15, 0.2) is 42.5 Å². The Balaban J connectivity index is 1.63. The van der Waals surface area contributed by atoms with Gasteiger partial charge in [0.15, 0.2) is 0 Å². The average molecular weight is 396 g/mol. The Hall–Kier alpha value is -2.89. The number of piperidine rings is 1. The molecule has 6 nitrogen and oxygen atoms in total. The van der Waals surface area contributed by atoms with E-state index in [1.807, 2.05) is 63.2 Å². The molecule has 6 heteroatoms. The van der Waals surface area contributed by atoms with Crippen LogP contribution in [-0.2, 0) is 9.59 Å². The molecule has 0 aromatic heterocycles. The van der Waals surface area contributed by atoms with Gasteiger partial charge in [-0.25, -0.2) is 0 Å². The average Bonchev–Trinajstić information content (AvgIpc) is 2.70. The van der Waals surface area contributed by atoms with Crippen molar-refractivity contribution in [1.82, 2.24) is 15.5 Å². The molecule has 1 heterocycles. The number of amides is 3. The summed E-state index contributed by atoms with van der Waals surface area (Å²) < 4.78 is 0. The van der Waals surface area contributed by atoms with Crippen LogP contribution < -0.4 is 10.6 Å². The minimum absolute atomic E-state index is 0.0511. The molecule has 1 saturated heterocycles. The van der Waals surface area contributed by atoms with Gasteiger partial charge >= 0.3 is 0 Å². The highest BCUT2D eigenvalue weighted by Crippen LogP contribution is 2.23. The zero-order chi connectivity index (χ0) is 21.0. The van der Waals surface area contributed by atoms with Gasteiger partial charge in [-0.05, 0) is 50.5 Å². The Kier molecular flexibility index (Phi) is 6.20. The molecule has 0 spiro atoms. The van der Waals surface area contributed by atoms with Crippen LogP contribution in [-0.4, -0.2) is 47.8 Å². The van der Waals surface area contributed by atoms with Gasteiger partial charge in [-0.15, -0.1) is 0 Å². The van der Waals surface area contributed by atoms with E-state index >= 15 is 0 Å². The van der Waals surface area contributed by atoms with Crippen molar-refractivity contribution in [3.05, 3.63) is 48.0 Å². The number of fused-ring (bicyclic) bond motifs is 1. The summed E-state index contributed by atoms with van der Waals surface area (Å²) in [6.45, 7) is 6.63. The molecule has 3 amide bonds. The third-order valence-corrected chi connectivity index (χ3v) is 5.04. The molecular formula is C23H29N3O3. The van der Waals surface area contributed by atoms with E-state index in [1.165, 1.54) is 0 Å². The summed E-state index contributed by atoms with van der Waals surface area (Å²) in [7, 11) is 0. The molecule has 1 fully saturated rings. The maximum absolute atomic E-state index is 13.1. The number of benzene rings is 2. The fourth-order valence-corrected chi connectivity index (χ4v) is 3.73. The Morgan fingerprint density at radius 1 is 1.07 bits per heavy atom. The molecule has 2 aromatic rings. The van der Waals surface area contributed by atoms with E-state index < -0.39 is 0 Å². The molecule has 2 N–H and O–H groups in total. The number of nitrogens with zero attached hydrogens (tertiary/aromatic N) is 1. The molecular weight excluding hydrogens is 366 g/mol. The fraction of sp³-hybridized carbons (Fsp3) is 0.435. The number of hydrogen-bond acceptors (Lipinski definition) is 3. The summed E-state index contributed by atoms with van der Waals surface area (Å²) in [5.41, 5.74) is 0.322. The van der Waals surface area contributed by atoms with E-state index in [1.54, 1.807) is 4.90 Å². The summed E-state index contributed by atoms with van der Waals surface area (Å²) >= 11 is 0. The monoisotopic (exact) mass is 395 g/mol. The SMILES string of the molecule is CC(C)(C)NC(=O)CNC(=O)C1CCCN(C(=O)c2cccc3ccccc23)C1. The first-order chi connectivity index (χ1) is 13.7. The van der Waals surface area contributed by atoms with E-state index in [9.17, 15) is 14.4 Å². The first-order valence-corrected chi connectivity index (χ1v) is 10.1. The van der Waals surface area contributed by atoms with E-state index in [2.05, 4.69) is 10.6 Å². The Bertz CT molecular complexity index is 912. The molecule has 1 atom stereocenters. The number of hydrogen-bond donors (Lipinski definition) is 2. The van der Waals surface area contributed by atoms with E-state index in [-0.39, 0.29) is 35.7 Å². The minimum Gasteiger partial charge on any atom is -0.350 e.